The summed E-state index contributed by atoms with van der Waals surface area (Å²) in [5, 5.41) is 0. The molecule has 1 aliphatic rings. The van der Waals surface area contributed by atoms with Crippen LogP contribution in [-0.2, 0) is 11.2 Å². The summed E-state index contributed by atoms with van der Waals surface area (Å²) in [6, 6.07) is 0. The van der Waals surface area contributed by atoms with E-state index in [9.17, 15) is 4.79 Å². The summed E-state index contributed by atoms with van der Waals surface area (Å²) in [4.78, 5) is 22.7. The minimum Gasteiger partial charge on any atom is -0.343 e. The van der Waals surface area contributed by atoms with E-state index in [-0.39, 0.29) is 5.91 Å². The number of nitrogens with zero attached hydrogens (tertiary/aromatic N) is 3. The molecule has 0 spiro atoms. The van der Waals surface area contributed by atoms with Gasteiger partial charge in [0.2, 0.25) is 5.91 Å². The molecule has 0 radical (unpaired) electrons. The lowest BCUT2D eigenvalue weighted by molar-refractivity contribution is -0.131. The molecule has 0 N–H and O–H groups in total. The van der Waals surface area contributed by atoms with Gasteiger partial charge in [-0.15, -0.1) is 0 Å². The van der Waals surface area contributed by atoms with E-state index < -0.39 is 0 Å². The number of hydrogen-bond donors (Lipinski definition) is 0. The second-order valence-corrected chi connectivity index (χ2v) is 6.14. The van der Waals surface area contributed by atoms with Crippen molar-refractivity contribution >= 4 is 5.91 Å². The van der Waals surface area contributed by atoms with Crippen LogP contribution in [0, 0.1) is 5.41 Å². The van der Waals surface area contributed by atoms with Crippen LogP contribution in [0.2, 0.25) is 0 Å². The van der Waals surface area contributed by atoms with E-state index in [2.05, 4.69) is 28.7 Å². The maximum Gasteiger partial charge on any atom is 0.222 e. The van der Waals surface area contributed by atoms with Crippen molar-refractivity contribution in [2.24, 2.45) is 5.41 Å². The third-order valence-electron chi connectivity index (χ3n) is 5.11. The highest BCUT2D eigenvalue weighted by Crippen LogP contribution is 2.37. The fourth-order valence-corrected chi connectivity index (χ4v) is 3.31. The average molecular weight is 289 g/mol. The second kappa shape index (κ2) is 7.53. The molecular formula is C17H27N3O. The molecule has 0 aromatic carbocycles. The van der Waals surface area contributed by atoms with Crippen LogP contribution in [0.5, 0.6) is 0 Å². The topological polar surface area (TPSA) is 46.1 Å². The molecule has 1 aromatic heterocycles. The summed E-state index contributed by atoms with van der Waals surface area (Å²) in [6.45, 7) is 6.41. The van der Waals surface area contributed by atoms with Gasteiger partial charge in [0, 0.05) is 38.1 Å². The van der Waals surface area contributed by atoms with E-state index in [0.717, 1.165) is 31.6 Å². The number of aromatic nitrogens is 2. The van der Waals surface area contributed by atoms with Gasteiger partial charge in [-0.2, -0.15) is 0 Å². The number of carbonyl (C=O) groups excluding carboxylic acids is 1. The summed E-state index contributed by atoms with van der Waals surface area (Å²) in [5.41, 5.74) is 1.36. The summed E-state index contributed by atoms with van der Waals surface area (Å²) < 4.78 is 0. The van der Waals surface area contributed by atoms with Crippen LogP contribution in [-0.4, -0.2) is 33.9 Å². The van der Waals surface area contributed by atoms with Crippen molar-refractivity contribution in [3.63, 3.8) is 0 Å². The normalized spacial score (nSPS) is 18.3. The predicted octanol–water partition coefficient (Wildman–Crippen LogP) is 3.23. The number of likely N-dealkylation sites (tertiary alicyclic amines) is 1. The predicted molar refractivity (Wildman–Crippen MR) is 83.8 cm³/mol. The molecule has 2 rings (SSSR count). The molecule has 2 heterocycles. The largest absolute Gasteiger partial charge is 0.343 e. The third kappa shape index (κ3) is 4.26. The Bertz CT molecular complexity index is 443. The summed E-state index contributed by atoms with van der Waals surface area (Å²) in [7, 11) is 0. The smallest absolute Gasteiger partial charge is 0.222 e. The minimum absolute atomic E-state index is 0.267. The van der Waals surface area contributed by atoms with E-state index in [4.69, 9.17) is 0 Å². The minimum atomic E-state index is 0.267. The van der Waals surface area contributed by atoms with Crippen molar-refractivity contribution < 1.29 is 4.79 Å². The summed E-state index contributed by atoms with van der Waals surface area (Å²) in [6.07, 6.45) is 12.3. The first-order chi connectivity index (χ1) is 10.2. The first kappa shape index (κ1) is 15.9. The molecule has 1 amide bonds. The van der Waals surface area contributed by atoms with Crippen molar-refractivity contribution in [1.82, 2.24) is 14.9 Å². The first-order valence-corrected chi connectivity index (χ1v) is 8.22. The van der Waals surface area contributed by atoms with Gasteiger partial charge in [0.05, 0.1) is 5.69 Å². The van der Waals surface area contributed by atoms with E-state index in [0.29, 0.717) is 18.3 Å². The molecule has 0 unspecified atom stereocenters. The number of rotatable bonds is 5. The first-order valence-electron chi connectivity index (χ1n) is 8.22. The molecule has 1 aromatic rings. The summed E-state index contributed by atoms with van der Waals surface area (Å²) in [5.74, 6) is 0.267. The zero-order valence-electron chi connectivity index (χ0n) is 13.3. The zero-order chi connectivity index (χ0) is 15.1. The Hall–Kier alpha value is -1.45. The van der Waals surface area contributed by atoms with Crippen LogP contribution >= 0.6 is 0 Å². The van der Waals surface area contributed by atoms with Gasteiger partial charge in [-0.3, -0.25) is 14.8 Å². The van der Waals surface area contributed by atoms with Gasteiger partial charge < -0.3 is 4.90 Å². The van der Waals surface area contributed by atoms with Gasteiger partial charge >= 0.3 is 0 Å². The average Bonchev–Trinajstić information content (AvgIpc) is 2.77. The SMILES string of the molecule is CCC1(CC)CCCN(C(=O)CCc2cnccn2)CC1. The Morgan fingerprint density at radius 2 is 2.05 bits per heavy atom. The van der Waals surface area contributed by atoms with Gasteiger partial charge in [0.15, 0.2) is 0 Å². The fraction of sp³-hybridized carbons (Fsp3) is 0.706. The molecule has 1 saturated heterocycles. The van der Waals surface area contributed by atoms with Crippen molar-refractivity contribution in [2.75, 3.05) is 13.1 Å². The van der Waals surface area contributed by atoms with Gasteiger partial charge in [-0.05, 0) is 31.1 Å². The van der Waals surface area contributed by atoms with Crippen LogP contribution in [0.4, 0.5) is 0 Å². The molecule has 0 bridgehead atoms. The summed E-state index contributed by atoms with van der Waals surface area (Å²) >= 11 is 0. The second-order valence-electron chi connectivity index (χ2n) is 6.14. The number of hydrogen-bond acceptors (Lipinski definition) is 3. The Morgan fingerprint density at radius 3 is 2.71 bits per heavy atom. The Morgan fingerprint density at radius 1 is 1.24 bits per heavy atom. The van der Waals surface area contributed by atoms with Gasteiger partial charge in [-0.25, -0.2) is 0 Å². The highest BCUT2D eigenvalue weighted by atomic mass is 16.2. The highest BCUT2D eigenvalue weighted by molar-refractivity contribution is 5.76. The number of carbonyl (C=O) groups is 1. The molecule has 0 saturated carbocycles. The van der Waals surface area contributed by atoms with Gasteiger partial charge in [0.1, 0.15) is 0 Å². The molecule has 4 nitrogen and oxygen atoms in total. The third-order valence-corrected chi connectivity index (χ3v) is 5.11. The molecule has 1 fully saturated rings. The fourth-order valence-electron chi connectivity index (χ4n) is 3.31. The van der Waals surface area contributed by atoms with E-state index in [1.54, 1.807) is 18.6 Å². The Labute approximate surface area is 128 Å². The van der Waals surface area contributed by atoms with Gasteiger partial charge in [0.25, 0.3) is 0 Å². The highest BCUT2D eigenvalue weighted by Gasteiger charge is 2.30. The molecule has 116 valence electrons. The van der Waals surface area contributed by atoms with Crippen LogP contribution < -0.4 is 0 Å². The van der Waals surface area contributed by atoms with Crippen molar-refractivity contribution in [1.29, 1.82) is 0 Å². The maximum absolute atomic E-state index is 12.4. The molecule has 21 heavy (non-hydrogen) atoms. The van der Waals surface area contributed by atoms with Crippen molar-refractivity contribution in [3.8, 4) is 0 Å². The lowest BCUT2D eigenvalue weighted by Crippen LogP contribution is -2.33. The maximum atomic E-state index is 12.4. The van der Waals surface area contributed by atoms with Crippen molar-refractivity contribution in [3.05, 3.63) is 24.3 Å². The lowest BCUT2D eigenvalue weighted by atomic mass is 9.76. The molecule has 0 atom stereocenters. The van der Waals surface area contributed by atoms with Crippen LogP contribution in [0.1, 0.15) is 58.1 Å². The van der Waals surface area contributed by atoms with E-state index in [1.165, 1.54) is 19.3 Å². The van der Waals surface area contributed by atoms with Gasteiger partial charge in [-0.1, -0.05) is 26.7 Å². The molecular weight excluding hydrogens is 262 g/mol. The Kier molecular flexibility index (Phi) is 5.71. The van der Waals surface area contributed by atoms with E-state index in [1.807, 2.05) is 0 Å². The standard InChI is InChI=1S/C17H27N3O/c1-3-17(4-2)8-5-12-20(13-9-17)16(21)7-6-15-14-18-10-11-19-15/h10-11,14H,3-9,12-13H2,1-2H3. The van der Waals surface area contributed by atoms with Crippen molar-refractivity contribution in [2.45, 2.75) is 58.8 Å². The quantitative estimate of drug-likeness (QED) is 0.836. The number of amides is 1. The zero-order valence-corrected chi connectivity index (χ0v) is 13.3. The van der Waals surface area contributed by atoms with E-state index >= 15 is 0 Å². The Balaban J connectivity index is 1.86. The van der Waals surface area contributed by atoms with Crippen LogP contribution in [0.25, 0.3) is 0 Å². The lowest BCUT2D eigenvalue weighted by Gasteiger charge is -2.30. The molecule has 1 aliphatic heterocycles. The van der Waals surface area contributed by atoms with Crippen LogP contribution in [0.3, 0.4) is 0 Å². The van der Waals surface area contributed by atoms with Crippen LogP contribution in [0.15, 0.2) is 18.6 Å². The monoisotopic (exact) mass is 289 g/mol. The molecule has 4 heteroatoms. The number of aryl methyl sites for hydroxylation is 1. The molecule has 0 aliphatic carbocycles.